The molecule has 1 amide bonds. The van der Waals surface area contributed by atoms with E-state index in [4.69, 9.17) is 0 Å². The first-order valence-electron chi connectivity index (χ1n) is 10.9. The summed E-state index contributed by atoms with van der Waals surface area (Å²) in [4.78, 5) is 29.9. The van der Waals surface area contributed by atoms with Gasteiger partial charge in [-0.15, -0.1) is 0 Å². The zero-order valence-corrected chi connectivity index (χ0v) is 18.6. The van der Waals surface area contributed by atoms with Crippen molar-refractivity contribution in [1.82, 2.24) is 14.9 Å². The lowest BCUT2D eigenvalue weighted by molar-refractivity contribution is 0.0937. The Hall–Kier alpha value is -3.73. The van der Waals surface area contributed by atoms with Crippen LogP contribution in [0, 0.1) is 6.92 Å². The Bertz CT molecular complexity index is 1260. The number of aromatic nitrogens is 2. The van der Waals surface area contributed by atoms with E-state index in [1.54, 1.807) is 29.7 Å². The van der Waals surface area contributed by atoms with Gasteiger partial charge in [0.1, 0.15) is 5.69 Å². The van der Waals surface area contributed by atoms with Crippen LogP contribution >= 0.6 is 0 Å². The van der Waals surface area contributed by atoms with Crippen molar-refractivity contribution in [2.75, 3.05) is 0 Å². The maximum absolute atomic E-state index is 13.2. The molecule has 0 aliphatic rings. The maximum Gasteiger partial charge on any atom is 0.272 e. The third-order valence-electron chi connectivity index (χ3n) is 5.86. The fourth-order valence-corrected chi connectivity index (χ4v) is 4.29. The highest BCUT2D eigenvalue weighted by atomic mass is 16.1. The van der Waals surface area contributed by atoms with Crippen molar-refractivity contribution in [2.45, 2.75) is 39.3 Å². The van der Waals surface area contributed by atoms with Crippen molar-refractivity contribution in [3.63, 3.8) is 0 Å². The first kappa shape index (κ1) is 21.5. The van der Waals surface area contributed by atoms with Crippen molar-refractivity contribution < 1.29 is 4.79 Å². The Morgan fingerprint density at radius 3 is 2.12 bits per heavy atom. The van der Waals surface area contributed by atoms with E-state index in [1.807, 2.05) is 50.2 Å². The highest BCUT2D eigenvalue weighted by Crippen LogP contribution is 2.28. The Balaban J connectivity index is 1.65. The molecule has 1 aromatic heterocycles. The van der Waals surface area contributed by atoms with Gasteiger partial charge in [0.15, 0.2) is 0 Å². The fourth-order valence-electron chi connectivity index (χ4n) is 4.29. The van der Waals surface area contributed by atoms with Crippen LogP contribution in [0.3, 0.4) is 0 Å². The Morgan fingerprint density at radius 1 is 0.969 bits per heavy atom. The fraction of sp³-hybridized carbons (Fsp3) is 0.222. The molecule has 0 aliphatic heterocycles. The predicted octanol–water partition coefficient (Wildman–Crippen LogP) is 4.68. The smallest absolute Gasteiger partial charge is 0.272 e. The number of aryl methyl sites for hydroxylation is 2. The average Bonchev–Trinajstić information content (AvgIpc) is 2.81. The largest absolute Gasteiger partial charge is 0.349 e. The van der Waals surface area contributed by atoms with Crippen LogP contribution < -0.4 is 10.9 Å². The van der Waals surface area contributed by atoms with Crippen LogP contribution in [0.1, 0.15) is 46.9 Å². The number of benzene rings is 3. The molecule has 1 atom stereocenters. The minimum atomic E-state index is -0.162. The molecule has 1 N–H and O–H groups in total. The van der Waals surface area contributed by atoms with Gasteiger partial charge in [0.2, 0.25) is 0 Å². The van der Waals surface area contributed by atoms with Gasteiger partial charge in [-0.05, 0) is 50.1 Å². The van der Waals surface area contributed by atoms with E-state index in [-0.39, 0.29) is 23.4 Å². The molecular formula is C27H27N3O2. The quantitative estimate of drug-likeness (QED) is 0.488. The second kappa shape index (κ2) is 9.18. The Labute approximate surface area is 187 Å². The lowest BCUT2D eigenvalue weighted by atomic mass is 9.85. The standard InChI is InChI=1S/C27H27N3O2/c1-4-30-24-16-15-22(17-23(24)28-19(3)27(30)32)26(31)29-18(2)25(20-11-7-5-8-12-20)21-13-9-6-10-14-21/h5-18,25H,4H2,1-3H3,(H,29,31). The van der Waals surface area contributed by atoms with Gasteiger partial charge in [0, 0.05) is 24.1 Å². The number of carbonyl (C=O) groups is 1. The lowest BCUT2D eigenvalue weighted by Gasteiger charge is -2.26. The van der Waals surface area contributed by atoms with Crippen LogP contribution in [0.5, 0.6) is 0 Å². The summed E-state index contributed by atoms with van der Waals surface area (Å²) in [7, 11) is 0. The molecule has 0 fully saturated rings. The number of carbonyl (C=O) groups excluding carboxylic acids is 1. The molecule has 0 spiro atoms. The van der Waals surface area contributed by atoms with Crippen LogP contribution in [0.4, 0.5) is 0 Å². The zero-order chi connectivity index (χ0) is 22.7. The summed E-state index contributed by atoms with van der Waals surface area (Å²) in [5.41, 5.74) is 4.53. The van der Waals surface area contributed by atoms with E-state index in [0.29, 0.717) is 23.3 Å². The molecule has 0 saturated carbocycles. The van der Waals surface area contributed by atoms with Crippen LogP contribution in [0.15, 0.2) is 83.7 Å². The first-order valence-corrected chi connectivity index (χ1v) is 10.9. The second-order valence-electron chi connectivity index (χ2n) is 8.01. The molecular weight excluding hydrogens is 398 g/mol. The average molecular weight is 426 g/mol. The monoisotopic (exact) mass is 425 g/mol. The second-order valence-corrected chi connectivity index (χ2v) is 8.01. The molecule has 0 aliphatic carbocycles. The number of rotatable bonds is 6. The summed E-state index contributed by atoms with van der Waals surface area (Å²) >= 11 is 0. The lowest BCUT2D eigenvalue weighted by Crippen LogP contribution is -2.37. The van der Waals surface area contributed by atoms with Crippen LogP contribution in [-0.2, 0) is 6.54 Å². The molecule has 4 aromatic rings. The maximum atomic E-state index is 13.2. The molecule has 4 rings (SSSR count). The Morgan fingerprint density at radius 2 is 1.56 bits per heavy atom. The van der Waals surface area contributed by atoms with Gasteiger partial charge in [0.25, 0.3) is 11.5 Å². The van der Waals surface area contributed by atoms with E-state index < -0.39 is 0 Å². The van der Waals surface area contributed by atoms with Crippen molar-refractivity contribution in [3.05, 3.63) is 112 Å². The zero-order valence-electron chi connectivity index (χ0n) is 18.6. The molecule has 3 aromatic carbocycles. The minimum Gasteiger partial charge on any atom is -0.349 e. The van der Waals surface area contributed by atoms with Gasteiger partial charge < -0.3 is 9.88 Å². The van der Waals surface area contributed by atoms with Crippen molar-refractivity contribution >= 4 is 16.9 Å². The predicted molar refractivity (Wildman–Crippen MR) is 128 cm³/mol. The van der Waals surface area contributed by atoms with Crippen molar-refractivity contribution in [3.8, 4) is 0 Å². The highest BCUT2D eigenvalue weighted by Gasteiger charge is 2.23. The number of hydrogen-bond donors (Lipinski definition) is 1. The van der Waals surface area contributed by atoms with Gasteiger partial charge in [-0.3, -0.25) is 9.59 Å². The van der Waals surface area contributed by atoms with Gasteiger partial charge in [-0.2, -0.15) is 0 Å². The molecule has 32 heavy (non-hydrogen) atoms. The Kier molecular flexibility index (Phi) is 6.17. The topological polar surface area (TPSA) is 64.0 Å². The third-order valence-corrected chi connectivity index (χ3v) is 5.86. The van der Waals surface area contributed by atoms with Crippen LogP contribution in [0.25, 0.3) is 11.0 Å². The van der Waals surface area contributed by atoms with Gasteiger partial charge in [0.05, 0.1) is 11.0 Å². The normalized spacial score (nSPS) is 12.1. The summed E-state index contributed by atoms with van der Waals surface area (Å²) in [6, 6.07) is 25.6. The molecule has 5 heteroatoms. The van der Waals surface area contributed by atoms with E-state index >= 15 is 0 Å². The highest BCUT2D eigenvalue weighted by molar-refractivity contribution is 5.97. The molecule has 0 bridgehead atoms. The number of nitrogens with zero attached hydrogens (tertiary/aromatic N) is 2. The summed E-state index contributed by atoms with van der Waals surface area (Å²) < 4.78 is 1.68. The van der Waals surface area contributed by atoms with E-state index in [0.717, 1.165) is 16.6 Å². The van der Waals surface area contributed by atoms with E-state index in [2.05, 4.69) is 34.6 Å². The summed E-state index contributed by atoms with van der Waals surface area (Å²) in [5.74, 6) is -0.141. The molecule has 5 nitrogen and oxygen atoms in total. The van der Waals surface area contributed by atoms with E-state index in [9.17, 15) is 9.59 Å². The van der Waals surface area contributed by atoms with Gasteiger partial charge >= 0.3 is 0 Å². The molecule has 1 heterocycles. The van der Waals surface area contributed by atoms with Gasteiger partial charge in [-0.1, -0.05) is 60.7 Å². The van der Waals surface area contributed by atoms with Crippen molar-refractivity contribution in [1.29, 1.82) is 0 Å². The number of amides is 1. The summed E-state index contributed by atoms with van der Waals surface area (Å²) in [6.45, 7) is 6.21. The third kappa shape index (κ3) is 4.19. The molecule has 1 unspecified atom stereocenters. The first-order chi connectivity index (χ1) is 15.5. The summed E-state index contributed by atoms with van der Waals surface area (Å²) in [5, 5.41) is 3.18. The molecule has 0 saturated heterocycles. The van der Waals surface area contributed by atoms with Gasteiger partial charge in [-0.25, -0.2) is 4.98 Å². The van der Waals surface area contributed by atoms with E-state index in [1.165, 1.54) is 0 Å². The molecule has 0 radical (unpaired) electrons. The SMILES string of the molecule is CCn1c(=O)c(C)nc2cc(C(=O)NC(C)C(c3ccccc3)c3ccccc3)ccc21. The van der Waals surface area contributed by atoms with Crippen LogP contribution in [0.2, 0.25) is 0 Å². The minimum absolute atomic E-state index is 0.0208. The molecule has 162 valence electrons. The summed E-state index contributed by atoms with van der Waals surface area (Å²) in [6.07, 6.45) is 0. The number of fused-ring (bicyclic) bond motifs is 1. The van der Waals surface area contributed by atoms with Crippen molar-refractivity contribution in [2.24, 2.45) is 0 Å². The number of hydrogen-bond acceptors (Lipinski definition) is 3. The van der Waals surface area contributed by atoms with Crippen LogP contribution in [-0.4, -0.2) is 21.5 Å². The number of nitrogens with one attached hydrogen (secondary N) is 1.